The molecule has 0 bridgehead atoms. The molecule has 3 nitrogen and oxygen atoms in total. The van der Waals surface area contributed by atoms with Gasteiger partial charge >= 0.3 is 0 Å². The average molecular weight is 151 g/mol. The molecule has 0 fully saturated rings. The number of hydrogen-bond acceptors (Lipinski definition) is 4. The molecule has 10 heavy (non-hydrogen) atoms. The summed E-state index contributed by atoms with van der Waals surface area (Å²) in [5.41, 5.74) is 6.33. The minimum absolute atomic E-state index is 0.549. The Labute approximate surface area is 61.7 Å². The van der Waals surface area contributed by atoms with E-state index >= 15 is 0 Å². The third-order valence-corrected chi connectivity index (χ3v) is 1.99. The fourth-order valence-electron chi connectivity index (χ4n) is 0.781. The molecule has 0 amide bonds. The average Bonchev–Trinajstić information content (AvgIpc) is 2.33. The van der Waals surface area contributed by atoms with Gasteiger partial charge in [-0.3, -0.25) is 0 Å². The number of pyridine rings is 1. The Kier molecular flexibility index (Phi) is 1.07. The number of nitrogens with two attached hydrogens (primary N) is 1. The molecule has 0 aromatic carbocycles. The summed E-state index contributed by atoms with van der Waals surface area (Å²) < 4.78 is 5.04. The van der Waals surface area contributed by atoms with E-state index in [-0.39, 0.29) is 0 Å². The zero-order valence-corrected chi connectivity index (χ0v) is 5.93. The smallest absolute Gasteiger partial charge is 0.124 e. The lowest BCUT2D eigenvalue weighted by Gasteiger charge is -1.88. The van der Waals surface area contributed by atoms with Crippen LogP contribution < -0.4 is 5.73 Å². The summed E-state index contributed by atoms with van der Waals surface area (Å²) in [6.45, 7) is 0. The molecule has 4 heteroatoms. The molecule has 0 saturated carbocycles. The minimum atomic E-state index is 0.549. The molecule has 0 aliphatic heterocycles. The molecule has 2 rings (SSSR count). The predicted octanol–water partition coefficient (Wildman–Crippen LogP) is 1.27. The van der Waals surface area contributed by atoms with Crippen molar-refractivity contribution in [2.45, 2.75) is 0 Å². The van der Waals surface area contributed by atoms with Crippen molar-refractivity contribution in [1.29, 1.82) is 0 Å². The maximum atomic E-state index is 5.45. The molecule has 0 saturated heterocycles. The third kappa shape index (κ3) is 0.733. The summed E-state index contributed by atoms with van der Waals surface area (Å²) in [4.78, 5) is 4.06. The number of nitrogen functional groups attached to an aromatic ring is 1. The first-order valence-corrected chi connectivity index (χ1v) is 3.60. The van der Waals surface area contributed by atoms with Gasteiger partial charge in [-0.1, -0.05) is 0 Å². The summed E-state index contributed by atoms with van der Waals surface area (Å²) in [6, 6.07) is 3.70. The second kappa shape index (κ2) is 1.91. The number of anilines is 1. The van der Waals surface area contributed by atoms with Gasteiger partial charge in [0.05, 0.1) is 10.9 Å². The number of aromatic nitrogens is 2. The van der Waals surface area contributed by atoms with Crippen molar-refractivity contribution >= 4 is 27.6 Å². The summed E-state index contributed by atoms with van der Waals surface area (Å²) in [7, 11) is 0. The monoisotopic (exact) mass is 151 g/mol. The molecule has 2 aromatic rings. The first-order chi connectivity index (χ1) is 4.86. The van der Waals surface area contributed by atoms with Gasteiger partial charge < -0.3 is 5.73 Å². The van der Waals surface area contributed by atoms with Crippen molar-refractivity contribution in [2.75, 3.05) is 5.73 Å². The van der Waals surface area contributed by atoms with E-state index in [1.165, 1.54) is 11.5 Å². The van der Waals surface area contributed by atoms with E-state index in [0.717, 1.165) is 10.2 Å². The third-order valence-electron chi connectivity index (χ3n) is 1.23. The molecule has 0 aliphatic carbocycles. The fraction of sp³-hybridized carbons (Fsp3) is 0. The van der Waals surface area contributed by atoms with Crippen LogP contribution in [0.5, 0.6) is 0 Å². The summed E-state index contributed by atoms with van der Waals surface area (Å²) in [6.07, 6.45) is 1.72. The van der Waals surface area contributed by atoms with Crippen LogP contribution in [0.1, 0.15) is 0 Å². The Morgan fingerprint density at radius 2 is 2.30 bits per heavy atom. The standard InChI is InChI=1S/C6H5N3S/c7-6-2-1-5-4(9-6)3-8-10-5/h1-3H,(H2,7,9). The van der Waals surface area contributed by atoms with Gasteiger partial charge in [0.25, 0.3) is 0 Å². The highest BCUT2D eigenvalue weighted by molar-refractivity contribution is 7.13. The van der Waals surface area contributed by atoms with E-state index in [1.54, 1.807) is 12.3 Å². The van der Waals surface area contributed by atoms with Crippen LogP contribution in [-0.2, 0) is 0 Å². The van der Waals surface area contributed by atoms with Crippen molar-refractivity contribution in [1.82, 2.24) is 9.36 Å². The Hall–Kier alpha value is -1.16. The fourth-order valence-corrected chi connectivity index (χ4v) is 1.37. The predicted molar refractivity (Wildman–Crippen MR) is 41.8 cm³/mol. The topological polar surface area (TPSA) is 51.8 Å². The molecule has 2 heterocycles. The van der Waals surface area contributed by atoms with E-state index < -0.39 is 0 Å². The summed E-state index contributed by atoms with van der Waals surface area (Å²) >= 11 is 1.43. The zero-order valence-electron chi connectivity index (χ0n) is 5.11. The molecule has 0 radical (unpaired) electrons. The van der Waals surface area contributed by atoms with Gasteiger partial charge in [-0.25, -0.2) is 4.98 Å². The van der Waals surface area contributed by atoms with Crippen LogP contribution in [0.25, 0.3) is 10.2 Å². The quantitative estimate of drug-likeness (QED) is 0.617. The highest BCUT2D eigenvalue weighted by Gasteiger charge is 1.95. The van der Waals surface area contributed by atoms with Gasteiger partial charge in [-0.15, -0.1) is 0 Å². The molecule has 0 unspecified atom stereocenters. The Bertz CT molecular complexity index is 355. The number of hydrogen-bond donors (Lipinski definition) is 1. The maximum Gasteiger partial charge on any atom is 0.124 e. The number of fused-ring (bicyclic) bond motifs is 1. The molecular weight excluding hydrogens is 146 g/mol. The first kappa shape index (κ1) is 5.61. The van der Waals surface area contributed by atoms with Crippen LogP contribution >= 0.6 is 11.5 Å². The van der Waals surface area contributed by atoms with E-state index in [1.807, 2.05) is 6.07 Å². The Balaban J connectivity index is 2.86. The second-order valence-electron chi connectivity index (χ2n) is 1.95. The van der Waals surface area contributed by atoms with Crippen molar-refractivity contribution in [3.8, 4) is 0 Å². The van der Waals surface area contributed by atoms with Crippen LogP contribution in [0, 0.1) is 0 Å². The highest BCUT2D eigenvalue weighted by atomic mass is 32.1. The molecule has 2 aromatic heterocycles. The van der Waals surface area contributed by atoms with E-state index in [2.05, 4.69) is 9.36 Å². The SMILES string of the molecule is Nc1ccc2sncc2n1. The first-order valence-electron chi connectivity index (χ1n) is 2.83. The van der Waals surface area contributed by atoms with Crippen LogP contribution in [0.2, 0.25) is 0 Å². The van der Waals surface area contributed by atoms with Crippen LogP contribution in [0.15, 0.2) is 18.3 Å². The lowest BCUT2D eigenvalue weighted by atomic mass is 10.4. The van der Waals surface area contributed by atoms with Crippen LogP contribution in [0.3, 0.4) is 0 Å². The van der Waals surface area contributed by atoms with E-state index in [4.69, 9.17) is 5.73 Å². The van der Waals surface area contributed by atoms with Crippen LogP contribution in [-0.4, -0.2) is 9.36 Å². The van der Waals surface area contributed by atoms with Gasteiger partial charge in [0, 0.05) is 0 Å². The molecule has 50 valence electrons. The summed E-state index contributed by atoms with van der Waals surface area (Å²) in [5.74, 6) is 0.549. The van der Waals surface area contributed by atoms with Gasteiger partial charge in [0.15, 0.2) is 0 Å². The maximum absolute atomic E-state index is 5.45. The van der Waals surface area contributed by atoms with E-state index in [9.17, 15) is 0 Å². The highest BCUT2D eigenvalue weighted by Crippen LogP contribution is 2.15. The van der Waals surface area contributed by atoms with Gasteiger partial charge in [0.2, 0.25) is 0 Å². The normalized spacial score (nSPS) is 10.4. The molecule has 0 spiro atoms. The van der Waals surface area contributed by atoms with Gasteiger partial charge in [0.1, 0.15) is 11.3 Å². The molecule has 0 aliphatic rings. The molecule has 0 atom stereocenters. The zero-order chi connectivity index (χ0) is 6.97. The minimum Gasteiger partial charge on any atom is -0.384 e. The van der Waals surface area contributed by atoms with Crippen molar-refractivity contribution in [3.63, 3.8) is 0 Å². The lowest BCUT2D eigenvalue weighted by Crippen LogP contribution is -1.86. The van der Waals surface area contributed by atoms with Gasteiger partial charge in [-0.05, 0) is 23.7 Å². The largest absolute Gasteiger partial charge is 0.384 e. The molecular formula is C6H5N3S. The summed E-state index contributed by atoms with van der Waals surface area (Å²) in [5, 5.41) is 0. The Morgan fingerprint density at radius 1 is 1.40 bits per heavy atom. The number of nitrogens with zero attached hydrogens (tertiary/aromatic N) is 2. The van der Waals surface area contributed by atoms with Gasteiger partial charge in [-0.2, -0.15) is 4.37 Å². The van der Waals surface area contributed by atoms with Crippen LogP contribution in [0.4, 0.5) is 5.82 Å². The second-order valence-corrected chi connectivity index (χ2v) is 2.78. The lowest BCUT2D eigenvalue weighted by molar-refractivity contribution is 1.41. The van der Waals surface area contributed by atoms with Crippen molar-refractivity contribution in [3.05, 3.63) is 18.3 Å². The van der Waals surface area contributed by atoms with Crippen molar-refractivity contribution < 1.29 is 0 Å². The number of rotatable bonds is 0. The van der Waals surface area contributed by atoms with Crippen molar-refractivity contribution in [2.24, 2.45) is 0 Å². The van der Waals surface area contributed by atoms with E-state index in [0.29, 0.717) is 5.82 Å². The Morgan fingerprint density at radius 3 is 3.20 bits per heavy atom. The molecule has 2 N–H and O–H groups in total.